The van der Waals surface area contributed by atoms with Gasteiger partial charge in [-0.25, -0.2) is 4.79 Å². The van der Waals surface area contributed by atoms with Crippen molar-refractivity contribution in [1.29, 1.82) is 0 Å². The molecule has 1 N–H and O–H groups in total. The fraction of sp³-hybridized carbons (Fsp3) is 0.500. The average Bonchev–Trinajstić information content (AvgIpc) is 2.66. The molecule has 1 amide bonds. The van der Waals surface area contributed by atoms with Crippen molar-refractivity contribution in [3.63, 3.8) is 0 Å². The Balaban J connectivity index is 2.06. The number of ketones is 1. The zero-order valence-corrected chi connectivity index (χ0v) is 14.3. The maximum atomic E-state index is 12.4. The van der Waals surface area contributed by atoms with Crippen molar-refractivity contribution < 1.29 is 14.3 Å². The molecule has 2 atom stereocenters. The number of rotatable bonds is 2. The molecule has 1 aromatic carbocycles. The first kappa shape index (κ1) is 16.0. The van der Waals surface area contributed by atoms with Crippen LogP contribution in [0.5, 0.6) is 0 Å². The number of amides is 1. The van der Waals surface area contributed by atoms with Gasteiger partial charge in [0.15, 0.2) is 5.78 Å². The van der Waals surface area contributed by atoms with Gasteiger partial charge in [0.2, 0.25) is 0 Å². The summed E-state index contributed by atoms with van der Waals surface area (Å²) in [5.74, 6) is -0.166. The topological polar surface area (TPSA) is 55.4 Å². The first-order chi connectivity index (χ1) is 9.69. The number of carbonyl (C=O) groups excluding carboxylic acids is 2. The van der Waals surface area contributed by atoms with Crippen LogP contribution in [0.1, 0.15) is 43.6 Å². The molecule has 4 nitrogen and oxygen atoms in total. The quantitative estimate of drug-likeness (QED) is 0.881. The highest BCUT2D eigenvalue weighted by Gasteiger charge is 2.36. The van der Waals surface area contributed by atoms with E-state index in [2.05, 4.69) is 21.2 Å². The molecule has 0 heterocycles. The van der Waals surface area contributed by atoms with Gasteiger partial charge in [0, 0.05) is 22.0 Å². The van der Waals surface area contributed by atoms with Gasteiger partial charge in [-0.2, -0.15) is 0 Å². The van der Waals surface area contributed by atoms with Crippen LogP contribution in [-0.4, -0.2) is 23.5 Å². The SMILES string of the molecule is CC(NC(=O)OC(C)(C)C)C1Cc2c(Br)cccc2C1=O. The summed E-state index contributed by atoms with van der Waals surface area (Å²) in [6.07, 6.45) is 0.143. The van der Waals surface area contributed by atoms with Crippen LogP contribution in [-0.2, 0) is 11.2 Å². The standard InChI is InChI=1S/C16H20BrNO3/c1-9(18-15(20)21-16(2,3)4)11-8-12-10(14(11)19)6-5-7-13(12)17/h5-7,9,11H,8H2,1-4H3,(H,18,20). The lowest BCUT2D eigenvalue weighted by Gasteiger charge is -2.24. The van der Waals surface area contributed by atoms with Crippen molar-refractivity contribution in [2.45, 2.75) is 45.8 Å². The van der Waals surface area contributed by atoms with Gasteiger partial charge in [-0.05, 0) is 45.7 Å². The molecule has 2 unspecified atom stereocenters. The summed E-state index contributed by atoms with van der Waals surface area (Å²) in [7, 11) is 0. The minimum absolute atomic E-state index is 0.0786. The molecular formula is C16H20BrNO3. The van der Waals surface area contributed by atoms with Gasteiger partial charge in [0.05, 0.1) is 0 Å². The molecule has 0 aliphatic heterocycles. The molecule has 1 aliphatic rings. The van der Waals surface area contributed by atoms with E-state index in [1.54, 1.807) is 0 Å². The zero-order valence-electron chi connectivity index (χ0n) is 12.7. The first-order valence-corrected chi connectivity index (χ1v) is 7.79. The predicted octanol–water partition coefficient (Wildman–Crippen LogP) is 3.72. The molecule has 0 spiro atoms. The summed E-state index contributed by atoms with van der Waals surface area (Å²) < 4.78 is 6.18. The Morgan fingerprint density at radius 1 is 1.43 bits per heavy atom. The lowest BCUT2D eigenvalue weighted by atomic mass is 9.97. The summed E-state index contributed by atoms with van der Waals surface area (Å²) in [5.41, 5.74) is 1.22. The second-order valence-corrected chi connectivity index (χ2v) is 7.23. The molecule has 1 aromatic rings. The zero-order chi connectivity index (χ0) is 15.8. The third-order valence-corrected chi connectivity index (χ3v) is 4.24. The number of Topliss-reactive ketones (excluding diaryl/α,β-unsaturated/α-hetero) is 1. The Morgan fingerprint density at radius 2 is 2.10 bits per heavy atom. The van der Waals surface area contributed by atoms with Crippen LogP contribution < -0.4 is 5.32 Å². The fourth-order valence-electron chi connectivity index (χ4n) is 2.51. The third-order valence-electron chi connectivity index (χ3n) is 3.49. The van der Waals surface area contributed by atoms with Gasteiger partial charge in [0.1, 0.15) is 5.60 Å². The normalized spacial score (nSPS) is 19.1. The van der Waals surface area contributed by atoms with Crippen LogP contribution in [0, 0.1) is 5.92 Å². The first-order valence-electron chi connectivity index (χ1n) is 7.00. The van der Waals surface area contributed by atoms with Crippen LogP contribution in [0.3, 0.4) is 0 Å². The van der Waals surface area contributed by atoms with Crippen LogP contribution in [0.2, 0.25) is 0 Å². The summed E-state index contributed by atoms with van der Waals surface area (Å²) in [6, 6.07) is 5.35. The number of alkyl carbamates (subject to hydrolysis) is 1. The lowest BCUT2D eigenvalue weighted by Crippen LogP contribution is -2.43. The van der Waals surface area contributed by atoms with Crippen LogP contribution in [0.4, 0.5) is 4.79 Å². The molecule has 0 bridgehead atoms. The summed E-state index contributed by atoms with van der Waals surface area (Å²) >= 11 is 3.48. The van der Waals surface area contributed by atoms with E-state index in [0.29, 0.717) is 6.42 Å². The van der Waals surface area contributed by atoms with E-state index >= 15 is 0 Å². The molecule has 0 aromatic heterocycles. The summed E-state index contributed by atoms with van der Waals surface area (Å²) in [4.78, 5) is 24.3. The van der Waals surface area contributed by atoms with Gasteiger partial charge in [0.25, 0.3) is 0 Å². The van der Waals surface area contributed by atoms with Crippen molar-refractivity contribution in [2.75, 3.05) is 0 Å². The van der Waals surface area contributed by atoms with E-state index < -0.39 is 11.7 Å². The molecule has 2 rings (SSSR count). The summed E-state index contributed by atoms with van der Waals surface area (Å²) in [5, 5.41) is 2.77. The number of hydrogen-bond acceptors (Lipinski definition) is 3. The van der Waals surface area contributed by atoms with Crippen molar-refractivity contribution in [3.05, 3.63) is 33.8 Å². The Bertz CT molecular complexity index is 577. The largest absolute Gasteiger partial charge is 0.444 e. The maximum Gasteiger partial charge on any atom is 0.407 e. The molecule has 1 aliphatic carbocycles. The number of fused-ring (bicyclic) bond motifs is 1. The minimum Gasteiger partial charge on any atom is -0.444 e. The van der Waals surface area contributed by atoms with Crippen molar-refractivity contribution in [2.24, 2.45) is 5.92 Å². The maximum absolute atomic E-state index is 12.4. The Labute approximate surface area is 133 Å². The molecule has 21 heavy (non-hydrogen) atoms. The number of benzene rings is 1. The second kappa shape index (κ2) is 5.79. The number of nitrogens with one attached hydrogen (secondary N) is 1. The van der Waals surface area contributed by atoms with Crippen LogP contribution >= 0.6 is 15.9 Å². The Morgan fingerprint density at radius 3 is 2.67 bits per heavy atom. The molecule has 0 fully saturated rings. The van der Waals surface area contributed by atoms with E-state index in [1.807, 2.05) is 45.9 Å². The van der Waals surface area contributed by atoms with Gasteiger partial charge in [-0.1, -0.05) is 28.1 Å². The lowest BCUT2D eigenvalue weighted by molar-refractivity contribution is 0.0492. The smallest absolute Gasteiger partial charge is 0.407 e. The molecule has 0 radical (unpaired) electrons. The number of hydrogen-bond donors (Lipinski definition) is 1. The fourth-order valence-corrected chi connectivity index (χ4v) is 3.04. The van der Waals surface area contributed by atoms with Crippen molar-refractivity contribution >= 4 is 27.8 Å². The Hall–Kier alpha value is -1.36. The van der Waals surface area contributed by atoms with Crippen LogP contribution in [0.15, 0.2) is 22.7 Å². The van der Waals surface area contributed by atoms with E-state index in [0.717, 1.165) is 15.6 Å². The third kappa shape index (κ3) is 3.64. The minimum atomic E-state index is -0.546. The Kier molecular flexibility index (Phi) is 4.42. The molecular weight excluding hydrogens is 334 g/mol. The number of carbonyl (C=O) groups is 2. The molecule has 114 valence electrons. The molecule has 0 saturated carbocycles. The van der Waals surface area contributed by atoms with E-state index in [-0.39, 0.29) is 17.7 Å². The highest BCUT2D eigenvalue weighted by Crippen LogP contribution is 2.33. The number of halogens is 1. The predicted molar refractivity (Wildman–Crippen MR) is 84.5 cm³/mol. The van der Waals surface area contributed by atoms with Crippen molar-refractivity contribution in [3.8, 4) is 0 Å². The van der Waals surface area contributed by atoms with E-state index in [1.165, 1.54) is 0 Å². The van der Waals surface area contributed by atoms with E-state index in [4.69, 9.17) is 4.74 Å². The van der Waals surface area contributed by atoms with E-state index in [9.17, 15) is 9.59 Å². The monoisotopic (exact) mass is 353 g/mol. The van der Waals surface area contributed by atoms with Gasteiger partial charge >= 0.3 is 6.09 Å². The number of ether oxygens (including phenoxy) is 1. The average molecular weight is 354 g/mol. The highest BCUT2D eigenvalue weighted by atomic mass is 79.9. The van der Waals surface area contributed by atoms with Crippen LogP contribution in [0.25, 0.3) is 0 Å². The summed E-state index contributed by atoms with van der Waals surface area (Å²) in [6.45, 7) is 7.27. The molecule has 5 heteroatoms. The molecule has 0 saturated heterocycles. The highest BCUT2D eigenvalue weighted by molar-refractivity contribution is 9.10. The van der Waals surface area contributed by atoms with Gasteiger partial charge in [-0.15, -0.1) is 0 Å². The van der Waals surface area contributed by atoms with Gasteiger partial charge in [-0.3, -0.25) is 4.79 Å². The second-order valence-electron chi connectivity index (χ2n) is 6.38. The van der Waals surface area contributed by atoms with Gasteiger partial charge < -0.3 is 10.1 Å². The van der Waals surface area contributed by atoms with Crippen molar-refractivity contribution in [1.82, 2.24) is 5.32 Å².